The zero-order valence-corrected chi connectivity index (χ0v) is 12.5. The van der Waals surface area contributed by atoms with Crippen LogP contribution < -0.4 is 5.32 Å². The van der Waals surface area contributed by atoms with Gasteiger partial charge in [-0.1, -0.05) is 6.07 Å². The van der Waals surface area contributed by atoms with Crippen LogP contribution in [0.4, 0.5) is 4.79 Å². The van der Waals surface area contributed by atoms with Crippen molar-refractivity contribution in [3.63, 3.8) is 0 Å². The van der Waals surface area contributed by atoms with E-state index in [9.17, 15) is 4.79 Å². The Hall–Kier alpha value is -2.34. The van der Waals surface area contributed by atoms with Crippen LogP contribution in [0.2, 0.25) is 0 Å². The number of nitrogens with zero attached hydrogens (tertiary/aromatic N) is 3. The van der Waals surface area contributed by atoms with Gasteiger partial charge in [-0.2, -0.15) is 11.3 Å². The fourth-order valence-electron chi connectivity index (χ4n) is 2.10. The Morgan fingerprint density at radius 1 is 1.43 bits per heavy atom. The number of aromatic nitrogens is 2. The lowest BCUT2D eigenvalue weighted by molar-refractivity contribution is 0.206. The fraction of sp³-hybridized carbons (Fsp3) is 0.200. The summed E-state index contributed by atoms with van der Waals surface area (Å²) in [7, 11) is 1.79. The van der Waals surface area contributed by atoms with E-state index in [1.807, 2.05) is 51.8 Å². The standard InChI is InChI=1S/C15H16N4OS/c1-18(9-12-5-7-21-11-12)15(20)16-8-13-10-19-6-3-2-4-14(19)17-13/h2-7,10-11H,8-9H2,1H3,(H,16,20). The first kappa shape index (κ1) is 13.6. The van der Waals surface area contributed by atoms with Crippen molar-refractivity contribution in [3.8, 4) is 0 Å². The molecule has 3 rings (SSSR count). The molecule has 0 aliphatic carbocycles. The van der Waals surface area contributed by atoms with E-state index in [0.717, 1.165) is 16.9 Å². The first-order valence-electron chi connectivity index (χ1n) is 6.65. The Kier molecular flexibility index (Phi) is 3.87. The predicted molar refractivity (Wildman–Crippen MR) is 83.2 cm³/mol. The predicted octanol–water partition coefficient (Wildman–Crippen LogP) is 2.74. The van der Waals surface area contributed by atoms with E-state index in [-0.39, 0.29) is 6.03 Å². The molecule has 1 N–H and O–H groups in total. The minimum Gasteiger partial charge on any atom is -0.332 e. The van der Waals surface area contributed by atoms with Crippen molar-refractivity contribution in [1.29, 1.82) is 0 Å². The quantitative estimate of drug-likeness (QED) is 0.805. The van der Waals surface area contributed by atoms with Crippen LogP contribution in [0.15, 0.2) is 47.4 Å². The Balaban J connectivity index is 1.57. The molecule has 0 fully saturated rings. The lowest BCUT2D eigenvalue weighted by Gasteiger charge is -2.16. The Bertz CT molecular complexity index is 702. The number of carbonyl (C=O) groups is 1. The number of fused-ring (bicyclic) bond motifs is 1. The highest BCUT2D eigenvalue weighted by atomic mass is 32.1. The van der Waals surface area contributed by atoms with Gasteiger partial charge in [0.05, 0.1) is 12.2 Å². The molecule has 0 radical (unpaired) electrons. The number of thiophene rings is 1. The second-order valence-corrected chi connectivity index (χ2v) is 5.62. The number of rotatable bonds is 4. The molecule has 0 aromatic carbocycles. The van der Waals surface area contributed by atoms with E-state index in [4.69, 9.17) is 0 Å². The summed E-state index contributed by atoms with van der Waals surface area (Å²) in [5.74, 6) is 0. The third-order valence-corrected chi connectivity index (χ3v) is 3.91. The molecule has 0 unspecified atom stereocenters. The summed E-state index contributed by atoms with van der Waals surface area (Å²) in [6, 6.07) is 7.76. The van der Waals surface area contributed by atoms with Crippen molar-refractivity contribution in [1.82, 2.24) is 19.6 Å². The van der Waals surface area contributed by atoms with Crippen LogP contribution in [-0.4, -0.2) is 27.4 Å². The van der Waals surface area contributed by atoms with E-state index in [1.54, 1.807) is 23.3 Å². The topological polar surface area (TPSA) is 49.6 Å². The molecule has 21 heavy (non-hydrogen) atoms. The highest BCUT2D eigenvalue weighted by molar-refractivity contribution is 7.07. The number of nitrogens with one attached hydrogen (secondary N) is 1. The molecule has 108 valence electrons. The highest BCUT2D eigenvalue weighted by Gasteiger charge is 2.10. The Morgan fingerprint density at radius 3 is 3.10 bits per heavy atom. The highest BCUT2D eigenvalue weighted by Crippen LogP contribution is 2.09. The van der Waals surface area contributed by atoms with E-state index >= 15 is 0 Å². The number of hydrogen-bond acceptors (Lipinski definition) is 3. The molecule has 0 saturated heterocycles. The van der Waals surface area contributed by atoms with Crippen molar-refractivity contribution in [2.24, 2.45) is 0 Å². The third kappa shape index (κ3) is 3.22. The van der Waals surface area contributed by atoms with Gasteiger partial charge in [-0.15, -0.1) is 0 Å². The molecule has 0 atom stereocenters. The zero-order valence-electron chi connectivity index (χ0n) is 11.7. The van der Waals surface area contributed by atoms with E-state index in [1.165, 1.54) is 0 Å². The van der Waals surface area contributed by atoms with Gasteiger partial charge in [-0.05, 0) is 34.5 Å². The van der Waals surface area contributed by atoms with Crippen LogP contribution in [0.5, 0.6) is 0 Å². The average Bonchev–Trinajstić information content (AvgIpc) is 3.13. The van der Waals surface area contributed by atoms with Crippen LogP contribution >= 0.6 is 11.3 Å². The van der Waals surface area contributed by atoms with Crippen LogP contribution in [0, 0.1) is 0 Å². The van der Waals surface area contributed by atoms with Gasteiger partial charge in [-0.25, -0.2) is 9.78 Å². The lowest BCUT2D eigenvalue weighted by atomic mass is 10.3. The summed E-state index contributed by atoms with van der Waals surface area (Å²) in [6.45, 7) is 1.04. The molecular weight excluding hydrogens is 284 g/mol. The summed E-state index contributed by atoms with van der Waals surface area (Å²) < 4.78 is 1.94. The van der Waals surface area contributed by atoms with Crippen molar-refractivity contribution in [2.45, 2.75) is 13.1 Å². The SMILES string of the molecule is CN(Cc1ccsc1)C(=O)NCc1cn2ccccc2n1. The number of amides is 2. The number of hydrogen-bond donors (Lipinski definition) is 1. The minimum atomic E-state index is -0.0988. The normalized spacial score (nSPS) is 10.7. The molecular formula is C15H16N4OS. The van der Waals surface area contributed by atoms with Crippen molar-refractivity contribution >= 4 is 23.0 Å². The van der Waals surface area contributed by atoms with E-state index < -0.39 is 0 Å². The van der Waals surface area contributed by atoms with Crippen LogP contribution in [-0.2, 0) is 13.1 Å². The van der Waals surface area contributed by atoms with Gasteiger partial charge in [0.15, 0.2) is 0 Å². The zero-order chi connectivity index (χ0) is 14.7. The molecule has 0 aliphatic heterocycles. The summed E-state index contributed by atoms with van der Waals surface area (Å²) in [5, 5.41) is 6.95. The van der Waals surface area contributed by atoms with Gasteiger partial charge < -0.3 is 14.6 Å². The smallest absolute Gasteiger partial charge is 0.317 e. The number of pyridine rings is 1. The largest absolute Gasteiger partial charge is 0.332 e. The number of imidazole rings is 1. The Morgan fingerprint density at radius 2 is 2.33 bits per heavy atom. The molecule has 5 nitrogen and oxygen atoms in total. The fourth-order valence-corrected chi connectivity index (χ4v) is 2.76. The maximum absolute atomic E-state index is 12.0. The van der Waals surface area contributed by atoms with Gasteiger partial charge in [0.1, 0.15) is 5.65 Å². The van der Waals surface area contributed by atoms with Crippen LogP contribution in [0.3, 0.4) is 0 Å². The maximum Gasteiger partial charge on any atom is 0.317 e. The molecule has 0 saturated carbocycles. The summed E-state index contributed by atoms with van der Waals surface area (Å²) >= 11 is 1.63. The molecule has 0 bridgehead atoms. The van der Waals surface area contributed by atoms with Crippen molar-refractivity contribution in [3.05, 3.63) is 58.7 Å². The first-order valence-corrected chi connectivity index (χ1v) is 7.59. The van der Waals surface area contributed by atoms with Gasteiger partial charge in [-0.3, -0.25) is 0 Å². The summed E-state index contributed by atoms with van der Waals surface area (Å²) in [6.07, 6.45) is 3.87. The third-order valence-electron chi connectivity index (χ3n) is 3.18. The summed E-state index contributed by atoms with van der Waals surface area (Å²) in [5.41, 5.74) is 2.87. The second-order valence-electron chi connectivity index (χ2n) is 4.84. The van der Waals surface area contributed by atoms with Crippen molar-refractivity contribution < 1.29 is 4.79 Å². The Labute approximate surface area is 126 Å². The molecule has 3 heterocycles. The van der Waals surface area contributed by atoms with Gasteiger partial charge >= 0.3 is 6.03 Å². The van der Waals surface area contributed by atoms with E-state index in [2.05, 4.69) is 10.3 Å². The molecule has 2 amide bonds. The molecule has 3 aromatic rings. The summed E-state index contributed by atoms with van der Waals surface area (Å²) in [4.78, 5) is 18.2. The minimum absolute atomic E-state index is 0.0988. The first-order chi connectivity index (χ1) is 10.2. The van der Waals surface area contributed by atoms with Gasteiger partial charge in [0.2, 0.25) is 0 Å². The van der Waals surface area contributed by atoms with E-state index in [0.29, 0.717) is 13.1 Å². The van der Waals surface area contributed by atoms with Gasteiger partial charge in [0.25, 0.3) is 0 Å². The molecule has 3 aromatic heterocycles. The van der Waals surface area contributed by atoms with Crippen LogP contribution in [0.25, 0.3) is 5.65 Å². The average molecular weight is 300 g/mol. The molecule has 0 spiro atoms. The molecule has 0 aliphatic rings. The van der Waals surface area contributed by atoms with Crippen molar-refractivity contribution in [2.75, 3.05) is 7.05 Å². The molecule has 6 heteroatoms. The number of urea groups is 1. The van der Waals surface area contributed by atoms with Gasteiger partial charge in [0, 0.05) is 26.0 Å². The monoisotopic (exact) mass is 300 g/mol. The number of carbonyl (C=O) groups excluding carboxylic acids is 1. The lowest BCUT2D eigenvalue weighted by Crippen LogP contribution is -2.36. The second kappa shape index (κ2) is 5.97. The van der Waals surface area contributed by atoms with Crippen LogP contribution in [0.1, 0.15) is 11.3 Å². The maximum atomic E-state index is 12.0.